The van der Waals surface area contributed by atoms with E-state index in [9.17, 15) is 0 Å². The summed E-state index contributed by atoms with van der Waals surface area (Å²) < 4.78 is 0. The standard InChI is InChI=1S/C19H30N4/c1-6-10-18(19(20-9-4)21-11-7-2)23-14-16-12-17(23)13-22(16)15(5)8-3/h7-8,10-11,16-17H,3,5-6,9,12-14H2,1-2,4H3,(H,20,21)/b11-7-,18-10-. The van der Waals surface area contributed by atoms with Crippen LogP contribution in [0.2, 0.25) is 0 Å². The van der Waals surface area contributed by atoms with Crippen LogP contribution in [0.5, 0.6) is 0 Å². The second-order valence-corrected chi connectivity index (χ2v) is 6.01. The van der Waals surface area contributed by atoms with E-state index in [0.29, 0.717) is 12.1 Å². The minimum atomic E-state index is 0.531. The quantitative estimate of drug-likeness (QED) is 0.444. The first-order valence-electron chi connectivity index (χ1n) is 8.63. The van der Waals surface area contributed by atoms with Crippen molar-refractivity contribution in [1.82, 2.24) is 15.1 Å². The number of nitrogens with one attached hydrogen (secondary N) is 1. The Morgan fingerprint density at radius 3 is 2.48 bits per heavy atom. The minimum Gasteiger partial charge on any atom is -0.365 e. The average molecular weight is 314 g/mol. The van der Waals surface area contributed by atoms with Crippen molar-refractivity contribution in [2.24, 2.45) is 4.99 Å². The normalized spacial score (nSPS) is 24.7. The average Bonchev–Trinajstić information content (AvgIpc) is 3.16. The van der Waals surface area contributed by atoms with Crippen LogP contribution in [0.15, 0.2) is 54.0 Å². The Hall–Kier alpha value is -1.97. The molecular weight excluding hydrogens is 284 g/mol. The van der Waals surface area contributed by atoms with Crippen molar-refractivity contribution < 1.29 is 0 Å². The summed E-state index contributed by atoms with van der Waals surface area (Å²) >= 11 is 0. The zero-order valence-corrected chi connectivity index (χ0v) is 14.8. The van der Waals surface area contributed by atoms with Gasteiger partial charge in [0.2, 0.25) is 0 Å². The highest BCUT2D eigenvalue weighted by atomic mass is 15.4. The van der Waals surface area contributed by atoms with Crippen LogP contribution in [0.1, 0.15) is 33.6 Å². The summed E-state index contributed by atoms with van der Waals surface area (Å²) in [5.41, 5.74) is 2.29. The molecule has 2 unspecified atom stereocenters. The molecule has 0 radical (unpaired) electrons. The number of amidine groups is 1. The lowest BCUT2D eigenvalue weighted by atomic mass is 10.2. The maximum atomic E-state index is 4.68. The molecule has 4 heteroatoms. The van der Waals surface area contributed by atoms with Crippen molar-refractivity contribution in [3.8, 4) is 0 Å². The Morgan fingerprint density at radius 2 is 1.96 bits per heavy atom. The molecule has 2 saturated heterocycles. The van der Waals surface area contributed by atoms with Gasteiger partial charge in [-0.25, -0.2) is 0 Å². The van der Waals surface area contributed by atoms with Crippen LogP contribution in [-0.2, 0) is 0 Å². The molecular formula is C19H30N4. The van der Waals surface area contributed by atoms with Crippen LogP contribution in [0.3, 0.4) is 0 Å². The molecule has 0 aliphatic carbocycles. The second-order valence-electron chi connectivity index (χ2n) is 6.01. The summed E-state index contributed by atoms with van der Waals surface area (Å²) in [6.45, 7) is 17.1. The Balaban J connectivity index is 2.18. The van der Waals surface area contributed by atoms with Gasteiger partial charge in [0.05, 0.1) is 5.70 Å². The SMILES string of the molecule is C=CC(=C)N1CC2CC1CN2/C(=C\CC)C(=NCC)N/C=C\C. The van der Waals surface area contributed by atoms with Gasteiger partial charge >= 0.3 is 0 Å². The maximum Gasteiger partial charge on any atom is 0.148 e. The predicted molar refractivity (Wildman–Crippen MR) is 99.2 cm³/mol. The number of likely N-dealkylation sites (tertiary alicyclic amines) is 2. The zero-order valence-electron chi connectivity index (χ0n) is 14.8. The van der Waals surface area contributed by atoms with Crippen molar-refractivity contribution in [3.05, 3.63) is 49.0 Å². The number of aliphatic imine (C=N–C) groups is 1. The van der Waals surface area contributed by atoms with E-state index in [1.807, 2.05) is 25.3 Å². The Bertz CT molecular complexity index is 529. The molecule has 2 heterocycles. The molecule has 126 valence electrons. The number of hydrogen-bond donors (Lipinski definition) is 1. The number of allylic oxidation sites excluding steroid dienone is 3. The molecule has 2 aliphatic heterocycles. The molecule has 2 atom stereocenters. The first kappa shape index (κ1) is 17.4. The van der Waals surface area contributed by atoms with Crippen LogP contribution in [-0.4, -0.2) is 47.4 Å². The van der Waals surface area contributed by atoms with Gasteiger partial charge in [-0.05, 0) is 39.0 Å². The summed E-state index contributed by atoms with van der Waals surface area (Å²) in [5.74, 6) is 0.981. The summed E-state index contributed by atoms with van der Waals surface area (Å²) in [4.78, 5) is 9.59. The van der Waals surface area contributed by atoms with Gasteiger partial charge < -0.3 is 15.1 Å². The topological polar surface area (TPSA) is 30.9 Å². The lowest BCUT2D eigenvalue weighted by Crippen LogP contribution is -2.47. The van der Waals surface area contributed by atoms with E-state index in [1.54, 1.807) is 0 Å². The van der Waals surface area contributed by atoms with E-state index in [2.05, 4.69) is 53.2 Å². The minimum absolute atomic E-state index is 0.531. The predicted octanol–water partition coefficient (Wildman–Crippen LogP) is 3.28. The fourth-order valence-corrected chi connectivity index (χ4v) is 3.50. The summed E-state index contributed by atoms with van der Waals surface area (Å²) in [6, 6.07) is 1.07. The van der Waals surface area contributed by atoms with Crippen LogP contribution < -0.4 is 5.32 Å². The molecule has 0 aromatic carbocycles. The third-order valence-corrected chi connectivity index (χ3v) is 4.50. The summed E-state index contributed by atoms with van der Waals surface area (Å²) in [7, 11) is 0. The van der Waals surface area contributed by atoms with E-state index >= 15 is 0 Å². The molecule has 2 fully saturated rings. The Kier molecular flexibility index (Phi) is 6.08. The monoisotopic (exact) mass is 314 g/mol. The molecule has 0 aromatic heterocycles. The number of nitrogens with zero attached hydrogens (tertiary/aromatic N) is 3. The molecule has 2 bridgehead atoms. The fraction of sp³-hybridized carbons (Fsp3) is 0.526. The van der Waals surface area contributed by atoms with Crippen LogP contribution in [0.25, 0.3) is 0 Å². The van der Waals surface area contributed by atoms with E-state index in [-0.39, 0.29) is 0 Å². The maximum absolute atomic E-state index is 4.68. The van der Waals surface area contributed by atoms with E-state index in [1.165, 1.54) is 12.1 Å². The number of rotatable bonds is 7. The zero-order chi connectivity index (χ0) is 16.8. The second kappa shape index (κ2) is 8.04. The largest absolute Gasteiger partial charge is 0.365 e. The third-order valence-electron chi connectivity index (χ3n) is 4.50. The van der Waals surface area contributed by atoms with Gasteiger partial charge in [0.1, 0.15) is 5.84 Å². The Morgan fingerprint density at radius 1 is 1.26 bits per heavy atom. The molecule has 1 N–H and O–H groups in total. The van der Waals surface area contributed by atoms with E-state index in [0.717, 1.165) is 37.6 Å². The van der Waals surface area contributed by atoms with Crippen molar-refractivity contribution >= 4 is 5.84 Å². The van der Waals surface area contributed by atoms with Crippen molar-refractivity contribution in [2.45, 2.75) is 45.7 Å². The molecule has 0 aromatic rings. The molecule has 2 rings (SSSR count). The van der Waals surface area contributed by atoms with E-state index in [4.69, 9.17) is 0 Å². The lowest BCUT2D eigenvalue weighted by Gasteiger charge is -2.38. The van der Waals surface area contributed by atoms with Gasteiger partial charge in [0.15, 0.2) is 0 Å². The van der Waals surface area contributed by atoms with Gasteiger partial charge in [-0.2, -0.15) is 0 Å². The third kappa shape index (κ3) is 3.69. The van der Waals surface area contributed by atoms with Crippen molar-refractivity contribution in [2.75, 3.05) is 19.6 Å². The molecule has 4 nitrogen and oxygen atoms in total. The van der Waals surface area contributed by atoms with Crippen molar-refractivity contribution in [1.29, 1.82) is 0 Å². The Labute approximate surface area is 141 Å². The van der Waals surface area contributed by atoms with Crippen LogP contribution in [0, 0.1) is 0 Å². The van der Waals surface area contributed by atoms with Crippen LogP contribution in [0.4, 0.5) is 0 Å². The number of fused-ring (bicyclic) bond motifs is 2. The number of hydrogen-bond acceptors (Lipinski definition) is 3. The highest BCUT2D eigenvalue weighted by molar-refractivity contribution is 5.98. The smallest absolute Gasteiger partial charge is 0.148 e. The van der Waals surface area contributed by atoms with Gasteiger partial charge in [-0.3, -0.25) is 4.99 Å². The summed E-state index contributed by atoms with van der Waals surface area (Å²) in [6.07, 6.45) is 10.3. The van der Waals surface area contributed by atoms with Gasteiger partial charge in [0.25, 0.3) is 0 Å². The molecule has 2 aliphatic rings. The molecule has 0 spiro atoms. The first-order valence-corrected chi connectivity index (χ1v) is 8.63. The lowest BCUT2D eigenvalue weighted by molar-refractivity contribution is 0.197. The summed E-state index contributed by atoms with van der Waals surface area (Å²) in [5, 5.41) is 3.35. The highest BCUT2D eigenvalue weighted by Gasteiger charge is 2.44. The first-order chi connectivity index (χ1) is 11.2. The number of piperazine rings is 1. The van der Waals surface area contributed by atoms with E-state index < -0.39 is 0 Å². The molecule has 0 saturated carbocycles. The van der Waals surface area contributed by atoms with Crippen LogP contribution >= 0.6 is 0 Å². The molecule has 0 amide bonds. The van der Waals surface area contributed by atoms with Gasteiger partial charge in [-0.15, -0.1) is 0 Å². The van der Waals surface area contributed by atoms with Crippen molar-refractivity contribution in [3.63, 3.8) is 0 Å². The van der Waals surface area contributed by atoms with Gasteiger partial charge in [0, 0.05) is 37.4 Å². The fourth-order valence-electron chi connectivity index (χ4n) is 3.50. The van der Waals surface area contributed by atoms with Gasteiger partial charge in [-0.1, -0.05) is 32.2 Å². The molecule has 23 heavy (non-hydrogen) atoms. The highest BCUT2D eigenvalue weighted by Crippen LogP contribution is 2.35.